The number of nitrogens with one attached hydrogen (secondary N) is 3. The number of primary amides is 1. The lowest BCUT2D eigenvalue weighted by Crippen LogP contribution is -2.29. The van der Waals surface area contributed by atoms with Crippen LogP contribution in [0.25, 0.3) is 0 Å². The van der Waals surface area contributed by atoms with Crippen molar-refractivity contribution >= 4 is 29.2 Å². The predicted octanol–water partition coefficient (Wildman–Crippen LogP) is 2.88. The Morgan fingerprint density at radius 3 is 2.52 bits per heavy atom. The molecule has 2 aromatic carbocycles. The Balaban J connectivity index is 1.57. The molecule has 4 amide bonds. The number of amides is 4. The summed E-state index contributed by atoms with van der Waals surface area (Å²) in [6.45, 7) is 0.244. The van der Waals surface area contributed by atoms with E-state index in [0.717, 1.165) is 5.56 Å². The number of hydrogen-bond donors (Lipinski definition) is 4. The molecule has 29 heavy (non-hydrogen) atoms. The molecule has 0 saturated heterocycles. The summed E-state index contributed by atoms with van der Waals surface area (Å²) in [5.41, 5.74) is 7.76. The molecular weight excluding hydrogens is 372 g/mol. The Morgan fingerprint density at radius 1 is 0.931 bits per heavy atom. The third kappa shape index (κ3) is 5.70. The summed E-state index contributed by atoms with van der Waals surface area (Å²) in [7, 11) is 0. The van der Waals surface area contributed by atoms with E-state index in [-0.39, 0.29) is 24.6 Å². The van der Waals surface area contributed by atoms with E-state index in [1.807, 2.05) is 6.07 Å². The number of hydrogen-bond acceptors (Lipinski definition) is 4. The first-order valence-electron chi connectivity index (χ1n) is 8.86. The van der Waals surface area contributed by atoms with Gasteiger partial charge >= 0.3 is 6.03 Å². The van der Waals surface area contributed by atoms with Crippen LogP contribution in [0.1, 0.15) is 21.7 Å². The number of para-hydroxylation sites is 1. The molecule has 0 aliphatic rings. The molecule has 0 bridgehead atoms. The van der Waals surface area contributed by atoms with Gasteiger partial charge < -0.3 is 26.1 Å². The van der Waals surface area contributed by atoms with Crippen molar-refractivity contribution in [3.8, 4) is 0 Å². The van der Waals surface area contributed by atoms with Crippen LogP contribution < -0.4 is 21.7 Å². The normalized spacial score (nSPS) is 10.2. The molecule has 0 fully saturated rings. The van der Waals surface area contributed by atoms with Crippen LogP contribution in [0, 0.1) is 0 Å². The number of furan rings is 1. The number of carbonyl (C=O) groups is 3. The average molecular weight is 392 g/mol. The number of rotatable bonds is 7. The highest BCUT2D eigenvalue weighted by Crippen LogP contribution is 2.16. The first-order chi connectivity index (χ1) is 14.0. The molecule has 0 radical (unpaired) electrons. The zero-order valence-electron chi connectivity index (χ0n) is 15.5. The van der Waals surface area contributed by atoms with Crippen molar-refractivity contribution in [2.45, 2.75) is 13.0 Å². The fraction of sp³-hybridized carbons (Fsp3) is 0.0952. The summed E-state index contributed by atoms with van der Waals surface area (Å²) in [6.07, 6.45) is 1.46. The lowest BCUT2D eigenvalue weighted by atomic mass is 10.1. The number of anilines is 2. The molecule has 148 valence electrons. The molecule has 8 nitrogen and oxygen atoms in total. The van der Waals surface area contributed by atoms with Gasteiger partial charge in [0.05, 0.1) is 12.7 Å². The zero-order valence-corrected chi connectivity index (χ0v) is 15.5. The largest absolute Gasteiger partial charge is 0.459 e. The molecule has 5 N–H and O–H groups in total. The van der Waals surface area contributed by atoms with Gasteiger partial charge in [-0.05, 0) is 41.5 Å². The van der Waals surface area contributed by atoms with Crippen molar-refractivity contribution in [3.05, 3.63) is 83.8 Å². The second-order valence-corrected chi connectivity index (χ2v) is 6.24. The minimum atomic E-state index is -0.479. The monoisotopic (exact) mass is 392 g/mol. The Morgan fingerprint density at radius 2 is 1.76 bits per heavy atom. The number of nitrogens with two attached hydrogens (primary N) is 1. The van der Waals surface area contributed by atoms with Crippen LogP contribution in [0.15, 0.2) is 71.3 Å². The zero-order chi connectivity index (χ0) is 20.6. The van der Waals surface area contributed by atoms with Gasteiger partial charge in [0.2, 0.25) is 5.91 Å². The van der Waals surface area contributed by atoms with E-state index in [0.29, 0.717) is 16.9 Å². The highest BCUT2D eigenvalue weighted by molar-refractivity contribution is 6.02. The van der Waals surface area contributed by atoms with Gasteiger partial charge in [-0.15, -0.1) is 0 Å². The summed E-state index contributed by atoms with van der Waals surface area (Å²) in [4.78, 5) is 35.4. The summed E-state index contributed by atoms with van der Waals surface area (Å²) in [5.74, 6) is -0.625. The molecule has 0 spiro atoms. The fourth-order valence-electron chi connectivity index (χ4n) is 2.69. The quantitative estimate of drug-likeness (QED) is 0.493. The average Bonchev–Trinajstić information content (AvgIpc) is 3.23. The predicted molar refractivity (Wildman–Crippen MR) is 108 cm³/mol. The summed E-state index contributed by atoms with van der Waals surface area (Å²) < 4.78 is 5.06. The Bertz CT molecular complexity index is 1020. The third-order valence-electron chi connectivity index (χ3n) is 4.01. The van der Waals surface area contributed by atoms with E-state index in [2.05, 4.69) is 16.0 Å². The van der Waals surface area contributed by atoms with Crippen molar-refractivity contribution in [2.24, 2.45) is 5.73 Å². The maximum Gasteiger partial charge on any atom is 0.319 e. The van der Waals surface area contributed by atoms with Crippen LogP contribution >= 0.6 is 0 Å². The molecule has 8 heteroatoms. The molecule has 1 aromatic heterocycles. The first-order valence-corrected chi connectivity index (χ1v) is 8.86. The molecule has 3 rings (SSSR count). The standard InChI is InChI=1S/C21H20N4O4/c22-19(26)12-15-6-1-2-8-17(15)25-21(28)23-13-14-5-3-7-16(11-14)24-20(27)18-9-4-10-29-18/h1-11H,12-13H2,(H2,22,26)(H,24,27)(H2,23,25,28). The molecule has 1 heterocycles. The molecule has 3 aromatic rings. The van der Waals surface area contributed by atoms with E-state index >= 15 is 0 Å². The molecule has 0 aliphatic carbocycles. The minimum Gasteiger partial charge on any atom is -0.459 e. The van der Waals surface area contributed by atoms with Crippen LogP contribution in [0.3, 0.4) is 0 Å². The Kier molecular flexibility index (Phi) is 6.26. The van der Waals surface area contributed by atoms with Crippen molar-refractivity contribution < 1.29 is 18.8 Å². The van der Waals surface area contributed by atoms with Crippen LogP contribution in [0.4, 0.5) is 16.2 Å². The molecule has 0 saturated carbocycles. The van der Waals surface area contributed by atoms with E-state index in [4.69, 9.17) is 10.2 Å². The molecule has 0 aliphatic heterocycles. The second-order valence-electron chi connectivity index (χ2n) is 6.24. The van der Waals surface area contributed by atoms with Crippen molar-refractivity contribution in [1.82, 2.24) is 5.32 Å². The summed E-state index contributed by atoms with van der Waals surface area (Å²) >= 11 is 0. The number of carbonyl (C=O) groups excluding carboxylic acids is 3. The first kappa shape index (κ1) is 19.7. The lowest BCUT2D eigenvalue weighted by molar-refractivity contribution is -0.117. The van der Waals surface area contributed by atoms with Crippen LogP contribution in [-0.2, 0) is 17.8 Å². The SMILES string of the molecule is NC(=O)Cc1ccccc1NC(=O)NCc1cccc(NC(=O)c2ccco2)c1. The topological polar surface area (TPSA) is 126 Å². The van der Waals surface area contributed by atoms with Crippen LogP contribution in [0.5, 0.6) is 0 Å². The highest BCUT2D eigenvalue weighted by Gasteiger charge is 2.10. The Hall–Kier alpha value is -4.07. The lowest BCUT2D eigenvalue weighted by Gasteiger charge is -2.12. The van der Waals surface area contributed by atoms with Gasteiger partial charge in [-0.3, -0.25) is 9.59 Å². The molecule has 0 unspecified atom stereocenters. The van der Waals surface area contributed by atoms with E-state index in [1.165, 1.54) is 6.26 Å². The number of urea groups is 1. The highest BCUT2D eigenvalue weighted by atomic mass is 16.3. The van der Waals surface area contributed by atoms with E-state index in [9.17, 15) is 14.4 Å². The third-order valence-corrected chi connectivity index (χ3v) is 4.01. The summed E-state index contributed by atoms with van der Waals surface area (Å²) in [6, 6.07) is 16.8. The maximum absolute atomic E-state index is 12.2. The summed E-state index contributed by atoms with van der Waals surface area (Å²) in [5, 5.41) is 8.18. The second kappa shape index (κ2) is 9.23. The Labute approximate surface area is 167 Å². The molecule has 0 atom stereocenters. The van der Waals surface area contributed by atoms with Gasteiger partial charge in [0.25, 0.3) is 5.91 Å². The van der Waals surface area contributed by atoms with Crippen molar-refractivity contribution in [3.63, 3.8) is 0 Å². The number of benzene rings is 2. The van der Waals surface area contributed by atoms with Gasteiger partial charge in [0.1, 0.15) is 0 Å². The van der Waals surface area contributed by atoms with E-state index < -0.39 is 11.9 Å². The fourth-order valence-corrected chi connectivity index (χ4v) is 2.69. The van der Waals surface area contributed by atoms with Crippen molar-refractivity contribution in [2.75, 3.05) is 10.6 Å². The minimum absolute atomic E-state index is 0.0356. The van der Waals surface area contributed by atoms with Gasteiger partial charge in [0, 0.05) is 17.9 Å². The molecular formula is C21H20N4O4. The smallest absolute Gasteiger partial charge is 0.319 e. The van der Waals surface area contributed by atoms with Gasteiger partial charge in [-0.25, -0.2) is 4.79 Å². The van der Waals surface area contributed by atoms with Gasteiger partial charge in [-0.1, -0.05) is 30.3 Å². The van der Waals surface area contributed by atoms with Crippen LogP contribution in [-0.4, -0.2) is 17.8 Å². The van der Waals surface area contributed by atoms with Gasteiger partial charge in [0.15, 0.2) is 5.76 Å². The van der Waals surface area contributed by atoms with Crippen LogP contribution in [0.2, 0.25) is 0 Å². The maximum atomic E-state index is 12.2. The van der Waals surface area contributed by atoms with Gasteiger partial charge in [-0.2, -0.15) is 0 Å². The van der Waals surface area contributed by atoms with E-state index in [1.54, 1.807) is 54.6 Å². The van der Waals surface area contributed by atoms with Crippen molar-refractivity contribution in [1.29, 1.82) is 0 Å².